The Morgan fingerprint density at radius 2 is 1.74 bits per heavy atom. The Kier molecular flexibility index (Phi) is 7.62. The highest BCUT2D eigenvalue weighted by Gasteiger charge is 2.26. The molecule has 3 aromatic rings. The summed E-state index contributed by atoms with van der Waals surface area (Å²) < 4.78 is 23.6. The molecule has 0 unspecified atom stereocenters. The van der Waals surface area contributed by atoms with Crippen LogP contribution in [0, 0.1) is 5.82 Å². The van der Waals surface area contributed by atoms with Gasteiger partial charge < -0.3 is 25.5 Å². The van der Waals surface area contributed by atoms with Gasteiger partial charge in [-0.2, -0.15) is 0 Å². The molecule has 0 spiro atoms. The van der Waals surface area contributed by atoms with Gasteiger partial charge in [0.05, 0.1) is 7.11 Å². The van der Waals surface area contributed by atoms with Crippen LogP contribution >= 0.6 is 0 Å². The Morgan fingerprint density at radius 1 is 1.03 bits per heavy atom. The van der Waals surface area contributed by atoms with Gasteiger partial charge in [-0.05, 0) is 35.4 Å². The van der Waals surface area contributed by atoms with E-state index in [0.29, 0.717) is 22.3 Å². The van der Waals surface area contributed by atoms with Crippen LogP contribution in [-0.2, 0) is 27.2 Å². The van der Waals surface area contributed by atoms with E-state index in [1.807, 2.05) is 0 Å². The molecule has 3 rings (SSSR count). The number of halogens is 1. The second kappa shape index (κ2) is 10.6. The Morgan fingerprint density at radius 3 is 2.35 bits per heavy atom. The number of nitrogens with two attached hydrogens (primary N) is 1. The van der Waals surface area contributed by atoms with Crippen molar-refractivity contribution in [1.29, 1.82) is 0 Å². The van der Waals surface area contributed by atoms with E-state index < -0.39 is 41.2 Å². The van der Waals surface area contributed by atoms with Crippen molar-refractivity contribution in [1.82, 2.24) is 10.6 Å². The Bertz CT molecular complexity index is 1270. The van der Waals surface area contributed by atoms with E-state index >= 15 is 0 Å². The third-order valence-electron chi connectivity index (χ3n) is 5.17. The van der Waals surface area contributed by atoms with Gasteiger partial charge in [-0.25, -0.2) is 9.18 Å². The number of nitrogens with one attached hydrogen (secondary N) is 2. The van der Waals surface area contributed by atoms with Crippen LogP contribution in [0.3, 0.4) is 0 Å². The lowest BCUT2D eigenvalue weighted by atomic mass is 10.0. The summed E-state index contributed by atoms with van der Waals surface area (Å²) in [6.45, 7) is 1.25. The van der Waals surface area contributed by atoms with Gasteiger partial charge in [-0.15, -0.1) is 0 Å². The third kappa shape index (κ3) is 6.18. The zero-order valence-electron chi connectivity index (χ0n) is 18.6. The van der Waals surface area contributed by atoms with Crippen molar-refractivity contribution >= 4 is 28.7 Å². The monoisotopic (exact) mass is 469 g/mol. The molecular formula is C24H24FN3O6. The predicted octanol–water partition coefficient (Wildman–Crippen LogP) is 1.20. The first-order chi connectivity index (χ1) is 16.2. The van der Waals surface area contributed by atoms with Gasteiger partial charge in [0, 0.05) is 37.3 Å². The summed E-state index contributed by atoms with van der Waals surface area (Å²) in [7, 11) is 1.47. The number of hydrogen-bond acceptors (Lipinski definition) is 6. The first-order valence-corrected chi connectivity index (χ1v) is 10.4. The van der Waals surface area contributed by atoms with Gasteiger partial charge >= 0.3 is 5.63 Å². The van der Waals surface area contributed by atoms with E-state index in [1.165, 1.54) is 50.4 Å². The maximum atomic E-state index is 13.2. The molecule has 2 atom stereocenters. The fourth-order valence-corrected chi connectivity index (χ4v) is 3.53. The van der Waals surface area contributed by atoms with Crippen LogP contribution < -0.4 is 26.7 Å². The van der Waals surface area contributed by atoms with E-state index in [4.69, 9.17) is 14.9 Å². The number of fused-ring (bicyclic) bond motifs is 1. The van der Waals surface area contributed by atoms with E-state index in [0.717, 1.165) is 0 Å². The lowest BCUT2D eigenvalue weighted by Gasteiger charge is -2.22. The maximum Gasteiger partial charge on any atom is 0.336 e. The van der Waals surface area contributed by atoms with Gasteiger partial charge in [0.15, 0.2) is 0 Å². The van der Waals surface area contributed by atoms with Crippen LogP contribution in [0.1, 0.15) is 18.1 Å². The van der Waals surface area contributed by atoms with E-state index in [-0.39, 0.29) is 18.4 Å². The van der Waals surface area contributed by atoms with Crippen LogP contribution in [-0.4, -0.2) is 36.9 Å². The van der Waals surface area contributed by atoms with Gasteiger partial charge in [-0.1, -0.05) is 12.1 Å². The largest absolute Gasteiger partial charge is 0.497 e. The Hall–Kier alpha value is -4.21. The summed E-state index contributed by atoms with van der Waals surface area (Å²) in [5, 5.41) is 5.62. The minimum Gasteiger partial charge on any atom is -0.497 e. The number of benzene rings is 2. The van der Waals surface area contributed by atoms with Crippen molar-refractivity contribution in [2.75, 3.05) is 7.11 Å². The van der Waals surface area contributed by atoms with Crippen LogP contribution in [0.5, 0.6) is 5.75 Å². The Labute approximate surface area is 194 Å². The van der Waals surface area contributed by atoms with Crippen molar-refractivity contribution < 1.29 is 27.9 Å². The van der Waals surface area contributed by atoms with E-state index in [2.05, 4.69) is 10.6 Å². The van der Waals surface area contributed by atoms with E-state index in [1.54, 1.807) is 12.1 Å². The third-order valence-corrected chi connectivity index (χ3v) is 5.17. The number of carbonyl (C=O) groups is 3. The molecule has 0 saturated heterocycles. The zero-order chi connectivity index (χ0) is 24.8. The molecule has 0 aliphatic heterocycles. The van der Waals surface area contributed by atoms with Crippen LogP contribution in [0.25, 0.3) is 11.0 Å². The highest BCUT2D eigenvalue weighted by molar-refractivity contribution is 5.92. The minimum atomic E-state index is -1.18. The average molecular weight is 469 g/mol. The van der Waals surface area contributed by atoms with Gasteiger partial charge in [0.1, 0.15) is 29.2 Å². The fourth-order valence-electron chi connectivity index (χ4n) is 3.53. The first kappa shape index (κ1) is 24.4. The predicted molar refractivity (Wildman–Crippen MR) is 122 cm³/mol. The average Bonchev–Trinajstić information content (AvgIpc) is 2.78. The number of carbonyl (C=O) groups excluding carboxylic acids is 3. The number of hydrogen-bond donors (Lipinski definition) is 3. The molecule has 0 bridgehead atoms. The number of methoxy groups -OCH3 is 1. The molecule has 10 heteroatoms. The second-order valence-corrected chi connectivity index (χ2v) is 7.70. The zero-order valence-corrected chi connectivity index (χ0v) is 18.6. The number of rotatable bonds is 9. The molecule has 3 amide bonds. The minimum absolute atomic E-state index is 0.0643. The van der Waals surface area contributed by atoms with Crippen LogP contribution in [0.4, 0.5) is 4.39 Å². The second-order valence-electron chi connectivity index (χ2n) is 7.70. The van der Waals surface area contributed by atoms with Crippen molar-refractivity contribution in [3.63, 3.8) is 0 Å². The molecule has 2 aromatic carbocycles. The molecule has 0 aliphatic rings. The van der Waals surface area contributed by atoms with Gasteiger partial charge in [-0.3, -0.25) is 14.4 Å². The number of primary amides is 1. The maximum absolute atomic E-state index is 13.2. The van der Waals surface area contributed by atoms with Gasteiger partial charge in [0.2, 0.25) is 17.7 Å². The van der Waals surface area contributed by atoms with E-state index in [9.17, 15) is 23.6 Å². The summed E-state index contributed by atoms with van der Waals surface area (Å²) in [6.07, 6.45) is -0.0202. The normalized spacial score (nSPS) is 12.6. The van der Waals surface area contributed by atoms with Gasteiger partial charge in [0.25, 0.3) is 0 Å². The lowest BCUT2D eigenvalue weighted by Crippen LogP contribution is -2.54. The molecule has 4 N–H and O–H groups in total. The van der Waals surface area contributed by atoms with Crippen LogP contribution in [0.2, 0.25) is 0 Å². The van der Waals surface area contributed by atoms with Crippen molar-refractivity contribution in [2.45, 2.75) is 31.8 Å². The molecule has 34 heavy (non-hydrogen) atoms. The molecule has 0 aliphatic carbocycles. The summed E-state index contributed by atoms with van der Waals surface area (Å²) >= 11 is 0. The van der Waals surface area contributed by atoms with Crippen LogP contribution in [0.15, 0.2) is 57.7 Å². The quantitative estimate of drug-likeness (QED) is 0.402. The van der Waals surface area contributed by atoms with Crippen molar-refractivity contribution in [2.24, 2.45) is 5.73 Å². The molecule has 1 heterocycles. The smallest absolute Gasteiger partial charge is 0.336 e. The summed E-state index contributed by atoms with van der Waals surface area (Å²) in [4.78, 5) is 48.8. The topological polar surface area (TPSA) is 141 Å². The standard InChI is InChI=1S/C24H24FN3O6/c1-13(29)27-20(9-14-3-5-16(25)6-4-14)24(32)28-19(23(26)31)10-15-11-22(30)34-21-12-17(33-2)7-8-18(15)21/h3-8,11-12,19-20H,9-10H2,1-2H3,(H2,26,31)(H,27,29)(H,28,32)/t19-,20+/m1/s1. The molecule has 1 aromatic heterocycles. The van der Waals surface area contributed by atoms with Crippen molar-refractivity contribution in [3.8, 4) is 5.75 Å². The molecular weight excluding hydrogens is 445 g/mol. The SMILES string of the molecule is COc1ccc2c(C[C@@H](NC(=O)[C@H](Cc3ccc(F)cc3)NC(C)=O)C(N)=O)cc(=O)oc2c1. The highest BCUT2D eigenvalue weighted by Crippen LogP contribution is 2.23. The fraction of sp³-hybridized carbons (Fsp3) is 0.250. The summed E-state index contributed by atoms with van der Waals surface area (Å²) in [6, 6.07) is 9.35. The summed E-state index contributed by atoms with van der Waals surface area (Å²) in [5.41, 5.74) is 6.18. The molecule has 0 saturated carbocycles. The molecule has 0 fully saturated rings. The first-order valence-electron chi connectivity index (χ1n) is 10.4. The molecule has 0 radical (unpaired) electrons. The highest BCUT2D eigenvalue weighted by atomic mass is 19.1. The summed E-state index contributed by atoms with van der Waals surface area (Å²) in [5.74, 6) is -1.90. The number of ether oxygens (including phenoxy) is 1. The molecule has 9 nitrogen and oxygen atoms in total. The molecule has 178 valence electrons. The van der Waals surface area contributed by atoms with Crippen molar-refractivity contribution in [3.05, 3.63) is 75.9 Å². The number of amides is 3. The Balaban J connectivity index is 1.85. The lowest BCUT2D eigenvalue weighted by molar-refractivity contribution is -0.130.